The molecule has 1 heterocycles. The van der Waals surface area contributed by atoms with Crippen LogP contribution in [0.25, 0.3) is 11.3 Å². The van der Waals surface area contributed by atoms with Gasteiger partial charge in [0.2, 0.25) is 0 Å². The van der Waals surface area contributed by atoms with Crippen molar-refractivity contribution in [3.63, 3.8) is 0 Å². The van der Waals surface area contributed by atoms with Gasteiger partial charge in [-0.15, -0.1) is 0 Å². The van der Waals surface area contributed by atoms with Crippen LogP contribution in [0, 0.1) is 12.7 Å². The number of amides is 2. The summed E-state index contributed by atoms with van der Waals surface area (Å²) in [7, 11) is 0. The Morgan fingerprint density at radius 2 is 1.93 bits per heavy atom. The molecule has 5 nitrogen and oxygen atoms in total. The first-order valence-electron chi connectivity index (χ1n) is 9.85. The van der Waals surface area contributed by atoms with E-state index in [2.05, 4.69) is 22.5 Å². The summed E-state index contributed by atoms with van der Waals surface area (Å²) >= 11 is 0. The molecule has 1 aliphatic rings. The highest BCUT2D eigenvalue weighted by Gasteiger charge is 2.24. The zero-order chi connectivity index (χ0) is 20.1. The van der Waals surface area contributed by atoms with Crippen LogP contribution in [-0.4, -0.2) is 29.4 Å². The number of pyridine rings is 1. The molecular weight excluding hydrogens is 357 g/mol. The van der Waals surface area contributed by atoms with Crippen molar-refractivity contribution in [2.24, 2.45) is 0 Å². The van der Waals surface area contributed by atoms with Crippen LogP contribution in [0.2, 0.25) is 0 Å². The van der Waals surface area contributed by atoms with Crippen molar-refractivity contribution >= 4 is 11.8 Å². The molecule has 0 saturated heterocycles. The molecule has 1 aromatic heterocycles. The van der Waals surface area contributed by atoms with E-state index in [0.29, 0.717) is 28.9 Å². The summed E-state index contributed by atoms with van der Waals surface area (Å²) in [5.74, 6) is -0.890. The number of aromatic nitrogens is 1. The second-order valence-electron chi connectivity index (χ2n) is 7.27. The van der Waals surface area contributed by atoms with Crippen molar-refractivity contribution in [3.05, 3.63) is 53.0 Å². The number of hydrogen-bond acceptors (Lipinski definition) is 3. The molecule has 1 fully saturated rings. The van der Waals surface area contributed by atoms with Crippen LogP contribution in [-0.2, 0) is 0 Å². The van der Waals surface area contributed by atoms with Gasteiger partial charge in [-0.2, -0.15) is 0 Å². The number of carbonyl (C=O) groups excluding carboxylic acids is 2. The average Bonchev–Trinajstić information content (AvgIpc) is 3.51. The first kappa shape index (κ1) is 20.0. The molecular formula is C22H26FN3O2. The lowest BCUT2D eigenvalue weighted by Crippen LogP contribution is -2.25. The number of carbonyl (C=O) groups is 2. The molecule has 0 spiro atoms. The van der Waals surface area contributed by atoms with Gasteiger partial charge in [-0.05, 0) is 56.0 Å². The van der Waals surface area contributed by atoms with E-state index in [9.17, 15) is 14.0 Å². The van der Waals surface area contributed by atoms with E-state index >= 15 is 0 Å². The molecule has 0 unspecified atom stereocenters. The molecule has 1 saturated carbocycles. The van der Waals surface area contributed by atoms with Crippen LogP contribution < -0.4 is 10.6 Å². The van der Waals surface area contributed by atoms with Gasteiger partial charge in [-0.1, -0.05) is 19.8 Å². The van der Waals surface area contributed by atoms with Crippen molar-refractivity contribution in [2.75, 3.05) is 6.54 Å². The summed E-state index contributed by atoms with van der Waals surface area (Å²) in [6.07, 6.45) is 6.54. The number of rotatable bonds is 8. The van der Waals surface area contributed by atoms with Crippen LogP contribution in [0.1, 0.15) is 65.3 Å². The number of nitrogens with one attached hydrogen (secondary N) is 2. The van der Waals surface area contributed by atoms with Crippen LogP contribution in [0.3, 0.4) is 0 Å². The highest BCUT2D eigenvalue weighted by molar-refractivity contribution is 5.96. The van der Waals surface area contributed by atoms with Gasteiger partial charge in [0.15, 0.2) is 0 Å². The summed E-state index contributed by atoms with van der Waals surface area (Å²) in [6.45, 7) is 4.40. The van der Waals surface area contributed by atoms with E-state index in [-0.39, 0.29) is 23.4 Å². The standard InChI is InChI=1S/C22H26FN3O2/c1-3-4-5-10-24-21(27)15-6-9-20(25-13-15)18-11-16(12-19(23)14(18)2)22(28)26-17-7-8-17/h6,9,11-13,17H,3-5,7-8,10H2,1-2H3,(H,24,27)(H,26,28). The van der Waals surface area contributed by atoms with Crippen LogP contribution in [0.15, 0.2) is 30.5 Å². The zero-order valence-corrected chi connectivity index (χ0v) is 16.3. The zero-order valence-electron chi connectivity index (χ0n) is 16.3. The van der Waals surface area contributed by atoms with Gasteiger partial charge in [0.25, 0.3) is 11.8 Å². The molecule has 6 heteroatoms. The molecule has 0 radical (unpaired) electrons. The van der Waals surface area contributed by atoms with E-state index in [0.717, 1.165) is 32.1 Å². The van der Waals surface area contributed by atoms with Crippen LogP contribution in [0.5, 0.6) is 0 Å². The van der Waals surface area contributed by atoms with E-state index < -0.39 is 5.82 Å². The third kappa shape index (κ3) is 4.94. The minimum Gasteiger partial charge on any atom is -0.352 e. The average molecular weight is 383 g/mol. The van der Waals surface area contributed by atoms with Crippen molar-refractivity contribution in [3.8, 4) is 11.3 Å². The number of unbranched alkanes of at least 4 members (excludes halogenated alkanes) is 2. The number of hydrogen-bond donors (Lipinski definition) is 2. The lowest BCUT2D eigenvalue weighted by Gasteiger charge is -2.11. The highest BCUT2D eigenvalue weighted by atomic mass is 19.1. The van der Waals surface area contributed by atoms with Crippen molar-refractivity contribution < 1.29 is 14.0 Å². The largest absolute Gasteiger partial charge is 0.352 e. The smallest absolute Gasteiger partial charge is 0.252 e. The molecule has 2 N–H and O–H groups in total. The Kier molecular flexibility index (Phi) is 6.39. The summed E-state index contributed by atoms with van der Waals surface area (Å²) in [6, 6.07) is 6.47. The molecule has 148 valence electrons. The molecule has 28 heavy (non-hydrogen) atoms. The van der Waals surface area contributed by atoms with Gasteiger partial charge in [-0.3, -0.25) is 14.6 Å². The van der Waals surface area contributed by atoms with E-state index in [4.69, 9.17) is 0 Å². The number of halogens is 1. The second-order valence-corrected chi connectivity index (χ2v) is 7.27. The predicted octanol–water partition coefficient (Wildman–Crippen LogP) is 4.01. The van der Waals surface area contributed by atoms with E-state index in [1.807, 2.05) is 0 Å². The van der Waals surface area contributed by atoms with Crippen LogP contribution >= 0.6 is 0 Å². The predicted molar refractivity (Wildman–Crippen MR) is 107 cm³/mol. The van der Waals surface area contributed by atoms with Crippen molar-refractivity contribution in [2.45, 2.75) is 52.0 Å². The molecule has 0 atom stereocenters. The van der Waals surface area contributed by atoms with Crippen molar-refractivity contribution in [1.29, 1.82) is 0 Å². The molecule has 1 aliphatic carbocycles. The molecule has 0 bridgehead atoms. The fraction of sp³-hybridized carbons (Fsp3) is 0.409. The maximum atomic E-state index is 14.4. The Bertz CT molecular complexity index is 861. The minimum atomic E-state index is -0.446. The first-order valence-corrected chi connectivity index (χ1v) is 9.85. The van der Waals surface area contributed by atoms with Gasteiger partial charge in [0.1, 0.15) is 5.82 Å². The Morgan fingerprint density at radius 3 is 2.57 bits per heavy atom. The maximum absolute atomic E-state index is 14.4. The van der Waals surface area contributed by atoms with Gasteiger partial charge in [-0.25, -0.2) is 4.39 Å². The lowest BCUT2D eigenvalue weighted by atomic mass is 10.00. The number of benzene rings is 1. The highest BCUT2D eigenvalue weighted by Crippen LogP contribution is 2.26. The third-order valence-electron chi connectivity index (χ3n) is 4.89. The summed E-state index contributed by atoms with van der Waals surface area (Å²) in [4.78, 5) is 28.8. The monoisotopic (exact) mass is 383 g/mol. The fourth-order valence-corrected chi connectivity index (χ4v) is 2.94. The normalized spacial score (nSPS) is 13.2. The Morgan fingerprint density at radius 1 is 1.14 bits per heavy atom. The molecule has 2 amide bonds. The Balaban J connectivity index is 1.76. The molecule has 0 aliphatic heterocycles. The molecule has 1 aromatic carbocycles. The topological polar surface area (TPSA) is 71.1 Å². The SMILES string of the molecule is CCCCCNC(=O)c1ccc(-c2cc(C(=O)NC3CC3)cc(F)c2C)nc1. The third-order valence-corrected chi connectivity index (χ3v) is 4.89. The molecule has 3 rings (SSSR count). The van der Waals surface area contributed by atoms with E-state index in [1.54, 1.807) is 25.1 Å². The maximum Gasteiger partial charge on any atom is 0.252 e. The molecule has 2 aromatic rings. The first-order chi connectivity index (χ1) is 13.5. The quantitative estimate of drug-likeness (QED) is 0.677. The van der Waals surface area contributed by atoms with Crippen LogP contribution in [0.4, 0.5) is 4.39 Å². The van der Waals surface area contributed by atoms with E-state index in [1.165, 1.54) is 12.3 Å². The summed E-state index contributed by atoms with van der Waals surface area (Å²) < 4.78 is 14.4. The lowest BCUT2D eigenvalue weighted by molar-refractivity contribution is 0.0943. The summed E-state index contributed by atoms with van der Waals surface area (Å²) in [5, 5.41) is 5.74. The van der Waals surface area contributed by atoms with Gasteiger partial charge < -0.3 is 10.6 Å². The Hall–Kier alpha value is -2.76. The Labute approximate surface area is 164 Å². The fourth-order valence-electron chi connectivity index (χ4n) is 2.94. The number of nitrogens with zero attached hydrogens (tertiary/aromatic N) is 1. The van der Waals surface area contributed by atoms with Crippen molar-refractivity contribution in [1.82, 2.24) is 15.6 Å². The minimum absolute atomic E-state index is 0.171. The van der Waals surface area contributed by atoms with Gasteiger partial charge in [0.05, 0.1) is 11.3 Å². The second kappa shape index (κ2) is 8.95. The summed E-state index contributed by atoms with van der Waals surface area (Å²) in [5.41, 5.74) is 2.24. The van der Waals surface area contributed by atoms with Gasteiger partial charge >= 0.3 is 0 Å². The van der Waals surface area contributed by atoms with Gasteiger partial charge in [0, 0.05) is 29.9 Å².